The predicted octanol–water partition coefficient (Wildman–Crippen LogP) is 4.46. The second-order valence-corrected chi connectivity index (χ2v) is 4.93. The summed E-state index contributed by atoms with van der Waals surface area (Å²) >= 11 is 0. The average Bonchev–Trinajstić information content (AvgIpc) is 2.55. The third-order valence-corrected chi connectivity index (χ3v) is 3.59. The number of pyridine rings is 1. The molecule has 20 heavy (non-hydrogen) atoms. The molecule has 0 aliphatic carbocycles. The molecule has 0 bridgehead atoms. The van der Waals surface area contributed by atoms with Crippen molar-refractivity contribution in [3.05, 3.63) is 102 Å². The molecule has 0 aliphatic rings. The van der Waals surface area contributed by atoms with Gasteiger partial charge in [-0.1, -0.05) is 60.7 Å². The predicted molar refractivity (Wildman–Crippen MR) is 82.7 cm³/mol. The zero-order valence-electron chi connectivity index (χ0n) is 11.3. The maximum absolute atomic E-state index is 4.13. The molecule has 1 heterocycles. The van der Waals surface area contributed by atoms with Crippen molar-refractivity contribution in [2.75, 3.05) is 0 Å². The average molecular weight is 259 g/mol. The summed E-state index contributed by atoms with van der Waals surface area (Å²) in [5, 5.41) is 0. The van der Waals surface area contributed by atoms with Crippen LogP contribution in [0.1, 0.15) is 22.6 Å². The summed E-state index contributed by atoms with van der Waals surface area (Å²) in [5.74, 6) is 0.376. The Labute approximate surface area is 119 Å². The zero-order chi connectivity index (χ0) is 13.6. The molecule has 0 spiro atoms. The lowest BCUT2D eigenvalue weighted by Gasteiger charge is -2.18. The number of aromatic nitrogens is 1. The minimum absolute atomic E-state index is 0.376. The lowest BCUT2D eigenvalue weighted by atomic mass is 9.86. The van der Waals surface area contributed by atoms with Crippen molar-refractivity contribution in [3.63, 3.8) is 0 Å². The lowest BCUT2D eigenvalue weighted by Crippen LogP contribution is -2.05. The minimum Gasteiger partial charge on any atom is -0.265 e. The van der Waals surface area contributed by atoms with Gasteiger partial charge in [-0.15, -0.1) is 0 Å². The smallest absolute Gasteiger partial charge is 0.0270 e. The number of nitrogens with zero attached hydrogens (tertiary/aromatic N) is 1. The second kappa shape index (κ2) is 6.16. The Balaban J connectivity index is 1.96. The fourth-order valence-electron chi connectivity index (χ4n) is 2.56. The van der Waals surface area contributed by atoms with Gasteiger partial charge in [0.05, 0.1) is 0 Å². The Hall–Kier alpha value is -2.41. The first-order chi connectivity index (χ1) is 9.93. The van der Waals surface area contributed by atoms with Crippen molar-refractivity contribution in [2.24, 2.45) is 0 Å². The van der Waals surface area contributed by atoms with Crippen LogP contribution in [-0.2, 0) is 6.42 Å². The molecular formula is C19H17N. The highest BCUT2D eigenvalue weighted by Gasteiger charge is 2.14. The van der Waals surface area contributed by atoms with E-state index < -0.39 is 0 Å². The number of hydrogen-bond acceptors (Lipinski definition) is 1. The number of hydrogen-bond donors (Lipinski definition) is 0. The standard InChI is InChI=1S/C19H17N/c1-3-7-16(8-4-1)15-19(17-9-5-2-6-10-17)18-11-13-20-14-12-18/h1-14,19H,15H2. The third kappa shape index (κ3) is 2.94. The van der Waals surface area contributed by atoms with Gasteiger partial charge < -0.3 is 0 Å². The molecule has 0 N–H and O–H groups in total. The summed E-state index contributed by atoms with van der Waals surface area (Å²) in [5.41, 5.74) is 4.02. The fraction of sp³-hybridized carbons (Fsp3) is 0.105. The molecule has 0 fully saturated rings. The SMILES string of the molecule is c1ccc(CC(c2ccccc2)c2ccncc2)cc1. The molecule has 98 valence electrons. The van der Waals surface area contributed by atoms with Crippen molar-refractivity contribution in [3.8, 4) is 0 Å². The van der Waals surface area contributed by atoms with Gasteiger partial charge in [0.2, 0.25) is 0 Å². The highest BCUT2D eigenvalue weighted by Crippen LogP contribution is 2.27. The van der Waals surface area contributed by atoms with E-state index in [2.05, 4.69) is 77.8 Å². The van der Waals surface area contributed by atoms with E-state index in [-0.39, 0.29) is 0 Å². The number of benzene rings is 2. The van der Waals surface area contributed by atoms with Crippen molar-refractivity contribution in [1.29, 1.82) is 0 Å². The first-order valence-corrected chi connectivity index (χ1v) is 6.92. The van der Waals surface area contributed by atoms with E-state index in [0.717, 1.165) is 6.42 Å². The van der Waals surface area contributed by atoms with Crippen LogP contribution in [0.25, 0.3) is 0 Å². The second-order valence-electron chi connectivity index (χ2n) is 4.93. The molecule has 0 saturated heterocycles. The number of rotatable bonds is 4. The fourth-order valence-corrected chi connectivity index (χ4v) is 2.56. The molecule has 0 saturated carbocycles. The first kappa shape index (κ1) is 12.6. The molecule has 1 atom stereocenters. The largest absolute Gasteiger partial charge is 0.265 e. The van der Waals surface area contributed by atoms with Gasteiger partial charge in [-0.25, -0.2) is 0 Å². The van der Waals surface area contributed by atoms with Crippen LogP contribution in [-0.4, -0.2) is 4.98 Å². The van der Waals surface area contributed by atoms with Crippen molar-refractivity contribution >= 4 is 0 Å². The summed E-state index contributed by atoms with van der Waals surface area (Å²) in [6, 6.07) is 25.6. The van der Waals surface area contributed by atoms with Gasteiger partial charge in [-0.3, -0.25) is 4.98 Å². The van der Waals surface area contributed by atoms with Crippen molar-refractivity contribution < 1.29 is 0 Å². The van der Waals surface area contributed by atoms with Gasteiger partial charge in [0, 0.05) is 18.3 Å². The summed E-state index contributed by atoms with van der Waals surface area (Å²) in [6.45, 7) is 0. The summed E-state index contributed by atoms with van der Waals surface area (Å²) in [7, 11) is 0. The molecular weight excluding hydrogens is 242 g/mol. The van der Waals surface area contributed by atoms with Crippen LogP contribution in [0, 0.1) is 0 Å². The topological polar surface area (TPSA) is 12.9 Å². The molecule has 2 aromatic carbocycles. The summed E-state index contributed by atoms with van der Waals surface area (Å²) < 4.78 is 0. The molecule has 0 amide bonds. The van der Waals surface area contributed by atoms with E-state index in [1.54, 1.807) is 0 Å². The van der Waals surface area contributed by atoms with Crippen LogP contribution >= 0.6 is 0 Å². The minimum atomic E-state index is 0.376. The zero-order valence-corrected chi connectivity index (χ0v) is 11.3. The van der Waals surface area contributed by atoms with Gasteiger partial charge in [0.15, 0.2) is 0 Å². The van der Waals surface area contributed by atoms with Crippen molar-refractivity contribution in [2.45, 2.75) is 12.3 Å². The molecule has 3 rings (SSSR count). The first-order valence-electron chi connectivity index (χ1n) is 6.92. The van der Waals surface area contributed by atoms with Crippen LogP contribution in [0.4, 0.5) is 0 Å². The van der Waals surface area contributed by atoms with Crippen molar-refractivity contribution in [1.82, 2.24) is 4.98 Å². The van der Waals surface area contributed by atoms with Crippen LogP contribution in [0.2, 0.25) is 0 Å². The van der Waals surface area contributed by atoms with E-state index in [4.69, 9.17) is 0 Å². The van der Waals surface area contributed by atoms with Gasteiger partial charge in [0.25, 0.3) is 0 Å². The van der Waals surface area contributed by atoms with Crippen LogP contribution in [0.5, 0.6) is 0 Å². The highest BCUT2D eigenvalue weighted by atomic mass is 14.6. The maximum Gasteiger partial charge on any atom is 0.0270 e. The van der Waals surface area contributed by atoms with E-state index in [1.807, 2.05) is 12.4 Å². The quantitative estimate of drug-likeness (QED) is 0.674. The Bertz CT molecular complexity index is 593. The highest BCUT2D eigenvalue weighted by molar-refractivity contribution is 5.34. The molecule has 1 heteroatoms. The Kier molecular flexibility index (Phi) is 3.88. The van der Waals surface area contributed by atoms with Crippen LogP contribution < -0.4 is 0 Å². The van der Waals surface area contributed by atoms with Gasteiger partial charge >= 0.3 is 0 Å². The Morgan fingerprint density at radius 1 is 0.650 bits per heavy atom. The van der Waals surface area contributed by atoms with Gasteiger partial charge in [-0.2, -0.15) is 0 Å². The molecule has 0 radical (unpaired) electrons. The molecule has 1 aromatic heterocycles. The van der Waals surface area contributed by atoms with Crippen LogP contribution in [0.3, 0.4) is 0 Å². The third-order valence-electron chi connectivity index (χ3n) is 3.59. The lowest BCUT2D eigenvalue weighted by molar-refractivity contribution is 0.803. The van der Waals surface area contributed by atoms with E-state index in [1.165, 1.54) is 16.7 Å². The normalized spacial score (nSPS) is 12.0. The Morgan fingerprint density at radius 2 is 1.20 bits per heavy atom. The summed E-state index contributed by atoms with van der Waals surface area (Å²) in [4.78, 5) is 4.13. The summed E-state index contributed by atoms with van der Waals surface area (Å²) in [6.07, 6.45) is 4.75. The van der Waals surface area contributed by atoms with E-state index in [9.17, 15) is 0 Å². The monoisotopic (exact) mass is 259 g/mol. The molecule has 3 aromatic rings. The molecule has 1 unspecified atom stereocenters. The van der Waals surface area contributed by atoms with E-state index in [0.29, 0.717) is 5.92 Å². The Morgan fingerprint density at radius 3 is 1.85 bits per heavy atom. The van der Waals surface area contributed by atoms with Gasteiger partial charge in [0.1, 0.15) is 0 Å². The van der Waals surface area contributed by atoms with E-state index >= 15 is 0 Å². The van der Waals surface area contributed by atoms with Crippen LogP contribution in [0.15, 0.2) is 85.2 Å². The molecule has 0 aliphatic heterocycles. The van der Waals surface area contributed by atoms with Gasteiger partial charge in [-0.05, 0) is 35.2 Å². The molecule has 1 nitrogen and oxygen atoms in total. The maximum atomic E-state index is 4.13.